The maximum atomic E-state index is 12.7. The number of pyridine rings is 1. The van der Waals surface area contributed by atoms with Gasteiger partial charge in [-0.15, -0.1) is 12.6 Å². The van der Waals surface area contributed by atoms with Crippen LogP contribution >= 0.6 is 24.2 Å². The van der Waals surface area contributed by atoms with Crippen LogP contribution in [0, 0.1) is 0 Å². The third kappa shape index (κ3) is 5.29. The molecule has 0 N–H and O–H groups in total. The van der Waals surface area contributed by atoms with Crippen molar-refractivity contribution in [3.05, 3.63) is 107 Å². The topological polar surface area (TPSA) is 39.2 Å². The SMILES string of the molecule is CCCC(C)(c1ccc(OCc2ccc3ccccc3n2)cc1)C(C(=O)S)c1ccc(Cl)cc1. The molecule has 3 aromatic carbocycles. The van der Waals surface area contributed by atoms with E-state index in [1.54, 1.807) is 0 Å². The Hall–Kier alpha value is -2.82. The highest BCUT2D eigenvalue weighted by atomic mass is 35.5. The molecular formula is C29H28ClNO2S. The fourth-order valence-electron chi connectivity index (χ4n) is 4.69. The lowest BCUT2D eigenvalue weighted by molar-refractivity contribution is -0.113. The third-order valence-corrected chi connectivity index (χ3v) is 6.92. The first-order chi connectivity index (χ1) is 16.4. The number of hydrogen-bond acceptors (Lipinski definition) is 3. The molecule has 4 rings (SSSR count). The van der Waals surface area contributed by atoms with Gasteiger partial charge in [-0.05, 0) is 53.9 Å². The number of hydrogen-bond donors (Lipinski definition) is 1. The van der Waals surface area contributed by atoms with Crippen LogP contribution in [0.1, 0.15) is 49.4 Å². The molecule has 0 saturated heterocycles. The van der Waals surface area contributed by atoms with E-state index in [1.165, 1.54) is 0 Å². The molecule has 3 nitrogen and oxygen atoms in total. The maximum Gasteiger partial charge on any atom is 0.194 e. The number of rotatable bonds is 9. The number of fused-ring (bicyclic) bond motifs is 1. The molecule has 2 atom stereocenters. The highest BCUT2D eigenvalue weighted by molar-refractivity contribution is 7.96. The van der Waals surface area contributed by atoms with E-state index >= 15 is 0 Å². The van der Waals surface area contributed by atoms with E-state index in [0.717, 1.165) is 46.3 Å². The number of aromatic nitrogens is 1. The van der Waals surface area contributed by atoms with E-state index in [-0.39, 0.29) is 11.0 Å². The first-order valence-electron chi connectivity index (χ1n) is 11.5. The Labute approximate surface area is 211 Å². The van der Waals surface area contributed by atoms with Crippen molar-refractivity contribution in [1.29, 1.82) is 0 Å². The molecule has 1 heterocycles. The molecule has 1 aromatic heterocycles. The Morgan fingerprint density at radius 1 is 1.00 bits per heavy atom. The van der Waals surface area contributed by atoms with E-state index in [9.17, 15) is 4.79 Å². The van der Waals surface area contributed by atoms with Crippen molar-refractivity contribution < 1.29 is 9.53 Å². The predicted molar refractivity (Wildman–Crippen MR) is 143 cm³/mol. The second-order valence-electron chi connectivity index (χ2n) is 8.80. The molecule has 2 unspecified atom stereocenters. The normalized spacial score (nSPS) is 13.9. The van der Waals surface area contributed by atoms with Gasteiger partial charge in [0, 0.05) is 15.8 Å². The van der Waals surface area contributed by atoms with Crippen molar-refractivity contribution in [3.63, 3.8) is 0 Å². The number of nitrogens with zero attached hydrogens (tertiary/aromatic N) is 1. The average Bonchev–Trinajstić information content (AvgIpc) is 2.84. The summed E-state index contributed by atoms with van der Waals surface area (Å²) >= 11 is 10.4. The molecule has 0 saturated carbocycles. The highest BCUT2D eigenvalue weighted by Crippen LogP contribution is 2.44. The molecule has 4 aromatic rings. The van der Waals surface area contributed by atoms with Crippen molar-refractivity contribution in [2.24, 2.45) is 0 Å². The fourth-order valence-corrected chi connectivity index (χ4v) is 5.25. The highest BCUT2D eigenvalue weighted by Gasteiger charge is 2.39. The number of para-hydroxylation sites is 1. The van der Waals surface area contributed by atoms with Crippen molar-refractivity contribution in [2.45, 2.75) is 44.6 Å². The number of benzene rings is 3. The van der Waals surface area contributed by atoms with Crippen LogP contribution in [0.5, 0.6) is 5.75 Å². The Morgan fingerprint density at radius 2 is 1.71 bits per heavy atom. The van der Waals surface area contributed by atoms with Crippen molar-refractivity contribution in [2.75, 3.05) is 0 Å². The van der Waals surface area contributed by atoms with Crippen molar-refractivity contribution in [1.82, 2.24) is 4.98 Å². The number of halogens is 1. The summed E-state index contributed by atoms with van der Waals surface area (Å²) in [5, 5.41) is 1.61. The molecule has 0 aliphatic carbocycles. The lowest BCUT2D eigenvalue weighted by Crippen LogP contribution is -2.34. The quantitative estimate of drug-likeness (QED) is 0.244. The largest absolute Gasteiger partial charge is 0.487 e. The zero-order valence-corrected chi connectivity index (χ0v) is 21.0. The second-order valence-corrected chi connectivity index (χ2v) is 9.68. The van der Waals surface area contributed by atoms with Crippen LogP contribution in [0.3, 0.4) is 0 Å². The van der Waals surface area contributed by atoms with Crippen LogP contribution in [0.25, 0.3) is 10.9 Å². The first-order valence-corrected chi connectivity index (χ1v) is 12.3. The molecular weight excluding hydrogens is 462 g/mol. The minimum Gasteiger partial charge on any atom is -0.487 e. The van der Waals surface area contributed by atoms with Crippen LogP contribution in [-0.2, 0) is 16.8 Å². The summed E-state index contributed by atoms with van der Waals surface area (Å²) in [5.74, 6) is 0.374. The Morgan fingerprint density at radius 3 is 2.38 bits per heavy atom. The third-order valence-electron chi connectivity index (χ3n) is 6.41. The predicted octanol–water partition coefficient (Wildman–Crippen LogP) is 7.77. The summed E-state index contributed by atoms with van der Waals surface area (Å²) in [6.07, 6.45) is 1.78. The van der Waals surface area contributed by atoms with E-state index in [1.807, 2.05) is 66.7 Å². The van der Waals surface area contributed by atoms with Gasteiger partial charge >= 0.3 is 0 Å². The van der Waals surface area contributed by atoms with E-state index in [4.69, 9.17) is 16.3 Å². The van der Waals surface area contributed by atoms with Crippen molar-refractivity contribution in [3.8, 4) is 5.75 Å². The fraction of sp³-hybridized carbons (Fsp3) is 0.241. The molecule has 5 heteroatoms. The summed E-state index contributed by atoms with van der Waals surface area (Å²) in [5.41, 5.74) is 3.41. The summed E-state index contributed by atoms with van der Waals surface area (Å²) < 4.78 is 6.02. The maximum absolute atomic E-state index is 12.7. The van der Waals surface area contributed by atoms with Gasteiger partial charge in [0.25, 0.3) is 0 Å². The molecule has 0 aliphatic rings. The molecule has 0 fully saturated rings. The molecule has 0 spiro atoms. The molecule has 0 amide bonds. The smallest absolute Gasteiger partial charge is 0.194 e. The van der Waals surface area contributed by atoms with E-state index in [2.05, 4.69) is 49.7 Å². The Balaban J connectivity index is 1.56. The summed E-state index contributed by atoms with van der Waals surface area (Å²) in [7, 11) is 0. The average molecular weight is 490 g/mol. The van der Waals surface area contributed by atoms with Gasteiger partial charge in [0.15, 0.2) is 5.12 Å². The lowest BCUT2D eigenvalue weighted by atomic mass is 9.67. The van der Waals surface area contributed by atoms with Gasteiger partial charge in [0.1, 0.15) is 12.4 Å². The van der Waals surface area contributed by atoms with E-state index in [0.29, 0.717) is 11.6 Å². The van der Waals surface area contributed by atoms with Gasteiger partial charge < -0.3 is 4.74 Å². The summed E-state index contributed by atoms with van der Waals surface area (Å²) in [6, 6.07) is 27.6. The lowest BCUT2D eigenvalue weighted by Gasteiger charge is -2.37. The van der Waals surface area contributed by atoms with Crippen LogP contribution in [0.4, 0.5) is 0 Å². The molecule has 34 heavy (non-hydrogen) atoms. The number of carbonyl (C=O) groups excluding carboxylic acids is 1. The molecule has 0 aliphatic heterocycles. The number of thiol groups is 1. The molecule has 0 radical (unpaired) electrons. The Kier molecular flexibility index (Phi) is 7.60. The van der Waals surface area contributed by atoms with Gasteiger partial charge in [-0.1, -0.05) is 80.4 Å². The van der Waals surface area contributed by atoms with Crippen LogP contribution in [0.15, 0.2) is 84.9 Å². The summed E-state index contributed by atoms with van der Waals surface area (Å²) in [4.78, 5) is 17.4. The van der Waals surface area contributed by atoms with Gasteiger partial charge in [-0.2, -0.15) is 0 Å². The minimum atomic E-state index is -0.417. The molecule has 0 bridgehead atoms. The zero-order chi connectivity index (χ0) is 24.1. The van der Waals surface area contributed by atoms with Crippen molar-refractivity contribution >= 4 is 40.2 Å². The van der Waals surface area contributed by atoms with Crippen LogP contribution in [0.2, 0.25) is 5.02 Å². The summed E-state index contributed by atoms with van der Waals surface area (Å²) in [6.45, 7) is 4.66. The number of carbonyl (C=O) groups is 1. The minimum absolute atomic E-state index is 0.152. The van der Waals surface area contributed by atoms with Gasteiger partial charge in [-0.3, -0.25) is 4.79 Å². The van der Waals surface area contributed by atoms with E-state index < -0.39 is 5.41 Å². The second kappa shape index (κ2) is 10.6. The van der Waals surface area contributed by atoms with Gasteiger partial charge in [-0.25, -0.2) is 4.98 Å². The van der Waals surface area contributed by atoms with Crippen LogP contribution in [-0.4, -0.2) is 10.1 Å². The number of ether oxygens (including phenoxy) is 1. The molecule has 174 valence electrons. The monoisotopic (exact) mass is 489 g/mol. The van der Waals surface area contributed by atoms with Gasteiger partial charge in [0.2, 0.25) is 0 Å². The Bertz CT molecular complexity index is 1270. The van der Waals surface area contributed by atoms with Gasteiger partial charge in [0.05, 0.1) is 17.1 Å². The zero-order valence-electron chi connectivity index (χ0n) is 19.4. The first kappa shape index (κ1) is 24.3. The van der Waals surface area contributed by atoms with Crippen LogP contribution < -0.4 is 4.74 Å². The standard InChI is InChI=1S/C29H28ClNO2S/c1-3-18-29(2,27(28(32)34)21-8-13-23(30)14-9-21)22-11-16-25(17-12-22)33-19-24-15-10-20-6-4-5-7-26(20)31-24/h4-17,27H,3,18-19H2,1-2H3,(H,32,34).